The Labute approximate surface area is 409 Å². The van der Waals surface area contributed by atoms with Gasteiger partial charge in [-0.3, -0.25) is 14.2 Å². The molecule has 0 amide bonds. The number of aromatic nitrogens is 1. The van der Waals surface area contributed by atoms with E-state index in [4.69, 9.17) is 0 Å². The molecule has 63 heavy (non-hydrogen) atoms. The van der Waals surface area contributed by atoms with E-state index in [-0.39, 0.29) is 66.0 Å². The van der Waals surface area contributed by atoms with E-state index in [1.165, 1.54) is 37.5 Å². The Morgan fingerprint density at radius 1 is 0.587 bits per heavy atom. The fraction of sp³-hybridized carbons (Fsp3) is 0.255. The number of nitrogens with zero attached hydrogens (tertiary/aromatic N) is 1. The molecule has 1 heterocycles. The number of aromatic hydroxyl groups is 1. The summed E-state index contributed by atoms with van der Waals surface area (Å²) in [6, 6.07) is 47.1. The summed E-state index contributed by atoms with van der Waals surface area (Å²) in [6.07, 6.45) is 4.73. The molecular formula is C51H54EuF3NO5P2. The molecule has 1 N–H and O–H groups in total. The zero-order chi connectivity index (χ0) is 44.8. The number of rotatable bonds is 14. The fourth-order valence-corrected chi connectivity index (χ4v) is 13.4. The molecule has 331 valence electrons. The molecule has 0 aliphatic carbocycles. The summed E-state index contributed by atoms with van der Waals surface area (Å²) in [5.41, 5.74) is -2.04. The molecule has 0 aliphatic rings. The molecule has 12 heteroatoms. The molecule has 6 nitrogen and oxygen atoms in total. The first-order valence-electron chi connectivity index (χ1n) is 21.1. The number of carbonyl (C=O) groups excluding carboxylic acids is 1. The maximum Gasteiger partial charge on any atom is 0.455 e. The Balaban J connectivity index is 0.000000219. The summed E-state index contributed by atoms with van der Waals surface area (Å²) in [7, 11) is -4.55. The van der Waals surface area contributed by atoms with Crippen LogP contribution in [0.3, 0.4) is 0 Å². The Morgan fingerprint density at radius 2 is 0.984 bits per heavy atom. The van der Waals surface area contributed by atoms with Gasteiger partial charge in [0, 0.05) is 94.8 Å². The van der Waals surface area contributed by atoms with Gasteiger partial charge in [-0.2, -0.15) is 13.2 Å². The van der Waals surface area contributed by atoms with E-state index in [1.54, 1.807) is 48.5 Å². The van der Waals surface area contributed by atoms with E-state index >= 15 is 0 Å². The van der Waals surface area contributed by atoms with Gasteiger partial charge >= 0.3 is 6.18 Å². The predicted molar refractivity (Wildman–Crippen MR) is 252 cm³/mol. The van der Waals surface area contributed by atoms with Gasteiger partial charge < -0.3 is 14.2 Å². The average molecular weight is 1030 g/mol. The Hall–Kier alpha value is -3.91. The first kappa shape index (κ1) is 51.7. The number of alkyl halides is 3. The average Bonchev–Trinajstić information content (AvgIpc) is 3.30. The van der Waals surface area contributed by atoms with Gasteiger partial charge in [0.1, 0.15) is 11.3 Å². The number of hydrogen-bond donors (Lipinski definition) is 1. The zero-order valence-electron chi connectivity index (χ0n) is 35.8. The number of ketones is 1. The quantitative estimate of drug-likeness (QED) is 0.0665. The summed E-state index contributed by atoms with van der Waals surface area (Å²) in [4.78, 5) is 24.9. The molecule has 0 fully saturated rings. The molecule has 0 atom stereocenters. The minimum absolute atomic E-state index is 0. The van der Waals surface area contributed by atoms with Gasteiger partial charge in [0.15, 0.2) is 7.14 Å². The number of pyridine rings is 1. The minimum atomic E-state index is -5.30. The molecule has 0 unspecified atom stereocenters. The van der Waals surface area contributed by atoms with E-state index in [2.05, 4.69) is 20.8 Å². The van der Waals surface area contributed by atoms with E-state index in [0.29, 0.717) is 10.8 Å². The minimum Gasteiger partial charge on any atom is -0.506 e. The van der Waals surface area contributed by atoms with Crippen LogP contribution in [0.4, 0.5) is 13.2 Å². The molecule has 0 bridgehead atoms. The molecule has 6 aromatic carbocycles. The summed E-state index contributed by atoms with van der Waals surface area (Å²) in [5.74, 6) is -3.35. The molecule has 7 aromatic rings. The Morgan fingerprint density at radius 3 is 1.40 bits per heavy atom. The van der Waals surface area contributed by atoms with Crippen molar-refractivity contribution in [3.63, 3.8) is 0 Å². The molecule has 1 radical (unpaired) electrons. The van der Waals surface area contributed by atoms with Crippen LogP contribution in [-0.2, 0) is 9.13 Å². The third-order valence-corrected chi connectivity index (χ3v) is 17.1. The van der Waals surface area contributed by atoms with Crippen LogP contribution in [-0.4, -0.2) is 40.1 Å². The van der Waals surface area contributed by atoms with Crippen molar-refractivity contribution >= 4 is 57.7 Å². The van der Waals surface area contributed by atoms with Crippen LogP contribution in [0.25, 0.3) is 27.4 Å². The number of Topliss-reactive ketones (excluding diaryl/α,β-unsaturated/α-hetero) is 1. The van der Waals surface area contributed by atoms with E-state index in [1.807, 2.05) is 91.0 Å². The van der Waals surface area contributed by atoms with Crippen molar-refractivity contribution in [2.24, 2.45) is 0 Å². The van der Waals surface area contributed by atoms with Crippen molar-refractivity contribution < 1.29 is 81.6 Å². The predicted octanol–water partition coefficient (Wildman–Crippen LogP) is 12.7. The monoisotopic (exact) mass is 1030 g/mol. The first-order valence-corrected chi connectivity index (χ1v) is 25.1. The topological polar surface area (TPSA) is 93.4 Å². The number of carbonyl (C=O) groups is 1. The maximum atomic E-state index is 13.8. The van der Waals surface area contributed by atoms with Crippen LogP contribution < -0.4 is 21.5 Å². The smallest absolute Gasteiger partial charge is 0.455 e. The number of fused-ring (bicyclic) bond motifs is 3. The first-order chi connectivity index (χ1) is 29.8. The Bertz CT molecular complexity index is 2560. The van der Waals surface area contributed by atoms with Gasteiger partial charge in [0.05, 0.1) is 12.7 Å². The molecule has 0 saturated heterocycles. The van der Waals surface area contributed by atoms with Crippen molar-refractivity contribution in [3.8, 4) is 11.4 Å². The van der Waals surface area contributed by atoms with Gasteiger partial charge in [0.25, 0.3) is 11.3 Å². The van der Waals surface area contributed by atoms with Gasteiger partial charge in [-0.1, -0.05) is 180 Å². The van der Waals surface area contributed by atoms with Crippen molar-refractivity contribution in [2.45, 2.75) is 65.5 Å². The van der Waals surface area contributed by atoms with Gasteiger partial charge in [-0.05, 0) is 48.2 Å². The van der Waals surface area contributed by atoms with Crippen molar-refractivity contribution in [1.29, 1.82) is 0 Å². The second-order valence-electron chi connectivity index (χ2n) is 15.1. The third-order valence-electron chi connectivity index (χ3n) is 10.7. The van der Waals surface area contributed by atoms with Crippen LogP contribution in [0, 0.1) is 49.4 Å². The molecule has 7 rings (SSSR count). The van der Waals surface area contributed by atoms with Crippen LogP contribution in [0.1, 0.15) is 69.7 Å². The standard InChI is InChI=1S/C21H12F3NO3.C18H15OP.C12H27OP.Eu/c22-21(23,24)19(27)17-18(26)16-14-9-5-4-6-12(14)10-11-15(16)25(20(17)28)13-7-2-1-3-8-13;19-20(16-10-4-1-5-11-16,17-12-6-2-7-13-17)18-14-8-3-9-15-18;1-4-7-10-14(13,11-8-5-2)12-9-6-3;/h1-11,26H;1-15H;4-12H2,1-3H3;. The fourth-order valence-electron chi connectivity index (χ4n) is 7.36. The molecule has 0 spiro atoms. The molecule has 0 aliphatic heterocycles. The maximum absolute atomic E-state index is 13.8. The normalized spacial score (nSPS) is 11.5. The SMILES string of the molecule is CCCCP(=O)(CCCC)CCCC.O=C(c1c(O)c2c3ccccc3ccc2n(-c2ccccc2)c1=O)C(F)(F)F.O=P(c1ccccc1)(c1ccccc1)c1ccccc1.[Eu]. The second kappa shape index (κ2) is 24.4. The summed E-state index contributed by atoms with van der Waals surface area (Å²) in [6.45, 7) is 6.55. The number of hydrogen-bond acceptors (Lipinski definition) is 5. The summed E-state index contributed by atoms with van der Waals surface area (Å²) in [5, 5.41) is 14.3. The summed E-state index contributed by atoms with van der Waals surface area (Å²) >= 11 is 0. The van der Waals surface area contributed by atoms with E-state index in [9.17, 15) is 37.0 Å². The van der Waals surface area contributed by atoms with Crippen LogP contribution >= 0.6 is 14.3 Å². The van der Waals surface area contributed by atoms with E-state index < -0.39 is 43.1 Å². The van der Waals surface area contributed by atoms with Crippen molar-refractivity contribution in [3.05, 3.63) is 174 Å². The van der Waals surface area contributed by atoms with Crippen molar-refractivity contribution in [1.82, 2.24) is 4.57 Å². The number of halogens is 3. The van der Waals surface area contributed by atoms with E-state index in [0.717, 1.165) is 58.2 Å². The molecular weight excluding hydrogens is 977 g/mol. The number of unbranched alkanes of at least 4 members (excludes halogenated alkanes) is 3. The van der Waals surface area contributed by atoms with Crippen LogP contribution in [0.15, 0.2) is 163 Å². The third kappa shape index (κ3) is 12.9. The van der Waals surface area contributed by atoms with Crippen LogP contribution in [0.2, 0.25) is 0 Å². The van der Waals surface area contributed by atoms with Gasteiger partial charge in [-0.15, -0.1) is 0 Å². The summed E-state index contributed by atoms with van der Waals surface area (Å²) < 4.78 is 66.7. The molecule has 1 aromatic heterocycles. The zero-order valence-corrected chi connectivity index (χ0v) is 40.0. The van der Waals surface area contributed by atoms with Crippen LogP contribution in [0.5, 0.6) is 5.75 Å². The van der Waals surface area contributed by atoms with Gasteiger partial charge in [-0.25, -0.2) is 0 Å². The van der Waals surface area contributed by atoms with Gasteiger partial charge in [0.2, 0.25) is 0 Å². The molecule has 0 saturated carbocycles. The van der Waals surface area contributed by atoms with Crippen molar-refractivity contribution in [2.75, 3.05) is 18.5 Å². The number of benzene rings is 6. The second-order valence-corrected chi connectivity index (χ2v) is 21.3. The largest absolute Gasteiger partial charge is 0.506 e. The Kier molecular flexibility index (Phi) is 20.0. The number of para-hydroxylation sites is 1.